The summed E-state index contributed by atoms with van der Waals surface area (Å²) in [5, 5.41) is 0. The van der Waals surface area contributed by atoms with E-state index in [1.54, 1.807) is 22.7 Å². The molecule has 0 aliphatic carbocycles. The first-order chi connectivity index (χ1) is 24.6. The van der Waals surface area contributed by atoms with Gasteiger partial charge < -0.3 is 0 Å². The zero-order valence-electron chi connectivity index (χ0n) is 29.6. The fourth-order valence-electron chi connectivity index (χ4n) is 7.14. The van der Waals surface area contributed by atoms with Crippen LogP contribution in [0.15, 0.2) is 81.5 Å². The fraction of sp³-hybridized carbons (Fsp3) is 0.381. The van der Waals surface area contributed by atoms with E-state index in [1.165, 1.54) is 119 Å². The van der Waals surface area contributed by atoms with E-state index in [2.05, 4.69) is 100 Å². The molecule has 6 aromatic rings. The topological polar surface area (TPSA) is 50.5 Å². The van der Waals surface area contributed by atoms with Gasteiger partial charge in [-0.3, -0.25) is 0 Å². The Bertz CT molecular complexity index is 1970. The van der Waals surface area contributed by atoms with Crippen LogP contribution in [0.2, 0.25) is 0 Å². The van der Waals surface area contributed by atoms with Crippen LogP contribution in [-0.4, -0.2) is 8.75 Å². The molecule has 1 aliphatic rings. The first-order valence-corrected chi connectivity index (χ1v) is 21.5. The molecule has 0 spiro atoms. The quantitative estimate of drug-likeness (QED) is 0.0992. The molecule has 1 aliphatic heterocycles. The normalized spacial score (nSPS) is 13.5. The molecule has 3 aromatic carbocycles. The van der Waals surface area contributed by atoms with Crippen LogP contribution in [0.5, 0.6) is 0 Å². The van der Waals surface area contributed by atoms with Gasteiger partial charge in [0.1, 0.15) is 22.4 Å². The number of rotatable bonds is 16. The lowest BCUT2D eigenvalue weighted by Crippen LogP contribution is -2.03. The lowest BCUT2D eigenvalue weighted by atomic mass is 9.91. The van der Waals surface area contributed by atoms with E-state index in [0.29, 0.717) is 0 Å². The van der Waals surface area contributed by atoms with Gasteiger partial charge in [-0.25, -0.2) is 0 Å². The maximum atomic E-state index is 4.86. The summed E-state index contributed by atoms with van der Waals surface area (Å²) in [7, 11) is 0. The Morgan fingerprint density at radius 2 is 0.940 bits per heavy atom. The summed E-state index contributed by atoms with van der Waals surface area (Å²) in [4.78, 5) is 4.81. The van der Waals surface area contributed by atoms with Crippen molar-refractivity contribution in [1.29, 1.82) is 0 Å². The molecular weight excluding hydrogens is 689 g/mol. The molecular formula is C42H46N4S4. The van der Waals surface area contributed by atoms with Crippen LogP contribution in [0.3, 0.4) is 0 Å². The Morgan fingerprint density at radius 1 is 0.520 bits per heavy atom. The van der Waals surface area contributed by atoms with Gasteiger partial charge >= 0.3 is 0 Å². The molecule has 0 saturated carbocycles. The van der Waals surface area contributed by atoms with E-state index in [-0.39, 0.29) is 0 Å². The number of fused-ring (bicyclic) bond motifs is 2. The van der Waals surface area contributed by atoms with Crippen molar-refractivity contribution in [3.63, 3.8) is 0 Å². The first-order valence-electron chi connectivity index (χ1n) is 18.4. The van der Waals surface area contributed by atoms with Gasteiger partial charge in [0, 0.05) is 30.6 Å². The molecule has 3 aromatic heterocycles. The third-order valence-corrected chi connectivity index (χ3v) is 13.6. The molecule has 8 heteroatoms. The van der Waals surface area contributed by atoms with Gasteiger partial charge in [-0.2, -0.15) is 17.5 Å². The summed E-state index contributed by atoms with van der Waals surface area (Å²) in [5.41, 5.74) is 11.1. The predicted octanol–water partition coefficient (Wildman–Crippen LogP) is 14.7. The summed E-state index contributed by atoms with van der Waals surface area (Å²) in [6.07, 6.45) is 12.6. The fourth-order valence-corrected chi connectivity index (χ4v) is 10.4. The second-order valence-electron chi connectivity index (χ2n) is 13.6. The van der Waals surface area contributed by atoms with E-state index in [1.807, 2.05) is 0 Å². The molecule has 0 bridgehead atoms. The van der Waals surface area contributed by atoms with Crippen LogP contribution < -0.4 is 0 Å². The number of thiophene rings is 2. The number of hydrogen-bond acceptors (Lipinski definition) is 7. The lowest BCUT2D eigenvalue weighted by Gasteiger charge is -2.14. The highest BCUT2D eigenvalue weighted by molar-refractivity contribution is 7.58. The Morgan fingerprint density at radius 3 is 1.34 bits per heavy atom. The van der Waals surface area contributed by atoms with E-state index >= 15 is 0 Å². The molecule has 2 unspecified atom stereocenters. The minimum atomic E-state index is 0.770. The van der Waals surface area contributed by atoms with Crippen molar-refractivity contribution < 1.29 is 0 Å². The van der Waals surface area contributed by atoms with E-state index in [0.717, 1.165) is 55.1 Å². The Kier molecular flexibility index (Phi) is 11.5. The first kappa shape index (κ1) is 35.1. The average Bonchev–Trinajstić information content (AvgIpc) is 3.99. The monoisotopic (exact) mass is 734 g/mol. The van der Waals surface area contributed by atoms with E-state index in [4.69, 9.17) is 17.5 Å². The molecule has 0 amide bonds. The maximum Gasteiger partial charge on any atom is 0.116 e. The molecule has 0 N–H and O–H groups in total. The highest BCUT2D eigenvalue weighted by atomic mass is 32.1. The Labute approximate surface area is 313 Å². The minimum absolute atomic E-state index is 0.770. The zero-order chi connectivity index (χ0) is 34.5. The number of aromatic nitrogens is 2. The summed E-state index contributed by atoms with van der Waals surface area (Å²) < 4.78 is 19.5. The Balaban J connectivity index is 1.15. The molecule has 7 rings (SSSR count). The van der Waals surface area contributed by atoms with Crippen molar-refractivity contribution in [2.75, 3.05) is 0 Å². The van der Waals surface area contributed by atoms with Crippen LogP contribution in [0.4, 0.5) is 11.4 Å². The van der Waals surface area contributed by atoms with Crippen molar-refractivity contribution in [2.24, 2.45) is 20.6 Å². The van der Waals surface area contributed by atoms with Gasteiger partial charge in [-0.15, -0.1) is 22.7 Å². The van der Waals surface area contributed by atoms with Crippen molar-refractivity contribution in [3.05, 3.63) is 83.9 Å². The van der Waals surface area contributed by atoms with Crippen LogP contribution in [0.25, 0.3) is 52.8 Å². The van der Waals surface area contributed by atoms with Crippen LogP contribution in [0.1, 0.15) is 90.2 Å². The number of unbranched alkanes of at least 4 members (excludes halogenated alkanes) is 2. The lowest BCUT2D eigenvalue weighted by molar-refractivity contribution is 0.449. The zero-order valence-corrected chi connectivity index (χ0v) is 32.8. The van der Waals surface area contributed by atoms with Crippen molar-refractivity contribution >= 4 is 68.2 Å². The van der Waals surface area contributed by atoms with Crippen LogP contribution in [-0.2, 0) is 24.2 Å². The maximum absolute atomic E-state index is 4.86. The van der Waals surface area contributed by atoms with Crippen LogP contribution in [0, 0.1) is 11.8 Å². The molecule has 4 nitrogen and oxygen atoms in total. The standard InChI is InChI=1S/C42H46N4S4/c1-5-9-11-27(7-3)25-29-13-17-31(18-14-29)33-21-23-35(47-33)37-39-41(45-49-43-39)38(42-40(37)44-50-46-42)36-24-22-34(48-36)32-19-15-30(16-20-32)26-28(8-4)12-10-6-2/h13-24,27-28H,5-12,25-26H2,1-4H3. The number of hydrogen-bond donors (Lipinski definition) is 0. The Hall–Kier alpha value is -3.30. The number of benzene rings is 3. The van der Waals surface area contributed by atoms with E-state index < -0.39 is 0 Å². The smallest absolute Gasteiger partial charge is 0.116 e. The van der Waals surface area contributed by atoms with E-state index in [9.17, 15) is 0 Å². The van der Waals surface area contributed by atoms with Gasteiger partial charge in [0.25, 0.3) is 0 Å². The summed E-state index contributed by atoms with van der Waals surface area (Å²) in [6.45, 7) is 9.22. The summed E-state index contributed by atoms with van der Waals surface area (Å²) in [5.74, 6) is 1.54. The molecule has 0 fully saturated rings. The van der Waals surface area contributed by atoms with Gasteiger partial charge in [0.15, 0.2) is 0 Å². The summed E-state index contributed by atoms with van der Waals surface area (Å²) >= 11 is 6.15. The predicted molar refractivity (Wildman–Crippen MR) is 220 cm³/mol. The SMILES string of the molecule is CCCCC(CC)Cc1ccc(-c2ccc(-c3c4c(c(-c5ccc(-c6ccc(CC(CC)CCCC)cc6)s5)c5nsnc35)N=S=N4)s2)cc1. The van der Waals surface area contributed by atoms with Gasteiger partial charge in [0.05, 0.1) is 23.1 Å². The van der Waals surface area contributed by atoms with Crippen molar-refractivity contribution in [1.82, 2.24) is 8.75 Å². The molecule has 0 saturated heterocycles. The molecule has 258 valence electrons. The third kappa shape index (κ3) is 7.50. The largest absolute Gasteiger partial charge is 0.172 e. The molecule has 4 heterocycles. The second-order valence-corrected chi connectivity index (χ2v) is 16.9. The highest BCUT2D eigenvalue weighted by Crippen LogP contribution is 2.54. The molecule has 2 atom stereocenters. The molecule has 0 radical (unpaired) electrons. The second kappa shape index (κ2) is 16.4. The van der Waals surface area contributed by atoms with Gasteiger partial charge in [0.2, 0.25) is 0 Å². The summed E-state index contributed by atoms with van der Waals surface area (Å²) in [6, 6.07) is 27.4. The van der Waals surface area contributed by atoms with Crippen LogP contribution >= 0.6 is 34.4 Å². The van der Waals surface area contributed by atoms with Gasteiger partial charge in [-0.05, 0) is 71.2 Å². The van der Waals surface area contributed by atoms with Crippen molar-refractivity contribution in [3.8, 4) is 41.8 Å². The highest BCUT2D eigenvalue weighted by Gasteiger charge is 2.28. The average molecular weight is 735 g/mol. The number of nitrogens with zero attached hydrogens (tertiary/aromatic N) is 4. The van der Waals surface area contributed by atoms with Crippen molar-refractivity contribution in [2.45, 2.75) is 91.9 Å². The van der Waals surface area contributed by atoms with Gasteiger partial charge in [-0.1, -0.05) is 128 Å². The minimum Gasteiger partial charge on any atom is -0.172 e. The molecule has 50 heavy (non-hydrogen) atoms. The third-order valence-electron chi connectivity index (χ3n) is 10.2.